The van der Waals surface area contributed by atoms with E-state index in [9.17, 15) is 31.1 Å². The molecule has 0 saturated heterocycles. The number of hydrogen-bond donors (Lipinski definition) is 2. The minimum absolute atomic E-state index is 0.0176. The number of para-hydroxylation sites is 2. The van der Waals surface area contributed by atoms with Crippen molar-refractivity contribution in [3.63, 3.8) is 0 Å². The molecule has 28 heavy (non-hydrogen) atoms. The summed E-state index contributed by atoms with van der Waals surface area (Å²) in [6.07, 6.45) is -9.79. The van der Waals surface area contributed by atoms with E-state index >= 15 is 0 Å². The molecular weight excluding hydrogens is 388 g/mol. The van der Waals surface area contributed by atoms with Crippen molar-refractivity contribution >= 4 is 16.9 Å². The Kier molecular flexibility index (Phi) is 5.05. The number of nitrogens with zero attached hydrogens (tertiary/aromatic N) is 1. The van der Waals surface area contributed by atoms with Crippen molar-refractivity contribution < 1.29 is 31.1 Å². The van der Waals surface area contributed by atoms with Gasteiger partial charge in [-0.3, -0.25) is 4.79 Å². The Morgan fingerprint density at radius 1 is 0.964 bits per heavy atom. The number of amides is 1. The number of nitrogens with one attached hydrogen (secondary N) is 2. The first-order valence-corrected chi connectivity index (χ1v) is 8.05. The number of carbonyl (C=O) groups is 1. The van der Waals surface area contributed by atoms with Crippen molar-refractivity contribution in [3.05, 3.63) is 65.0 Å². The van der Waals surface area contributed by atoms with Crippen LogP contribution in [0, 0.1) is 0 Å². The summed E-state index contributed by atoms with van der Waals surface area (Å²) in [5.41, 5.74) is -2.31. The Balaban J connectivity index is 1.74. The van der Waals surface area contributed by atoms with Gasteiger partial charge < -0.3 is 10.3 Å². The van der Waals surface area contributed by atoms with Crippen LogP contribution >= 0.6 is 0 Å². The van der Waals surface area contributed by atoms with Gasteiger partial charge in [0.2, 0.25) is 0 Å². The van der Waals surface area contributed by atoms with Gasteiger partial charge in [-0.25, -0.2) is 4.98 Å². The van der Waals surface area contributed by atoms with E-state index in [0.717, 1.165) is 5.52 Å². The number of hydrogen-bond acceptors (Lipinski definition) is 2. The van der Waals surface area contributed by atoms with E-state index in [1.807, 2.05) is 0 Å². The molecule has 148 valence electrons. The highest BCUT2D eigenvalue weighted by Gasteiger charge is 2.37. The zero-order valence-corrected chi connectivity index (χ0v) is 14.1. The van der Waals surface area contributed by atoms with Crippen LogP contribution in [0.5, 0.6) is 0 Å². The highest BCUT2D eigenvalue weighted by Crippen LogP contribution is 2.36. The van der Waals surface area contributed by atoms with E-state index in [-0.39, 0.29) is 19.0 Å². The number of halogens is 6. The van der Waals surface area contributed by atoms with Gasteiger partial charge in [0.15, 0.2) is 0 Å². The second-order valence-electron chi connectivity index (χ2n) is 6.00. The number of fused-ring (bicyclic) bond motifs is 1. The Bertz CT molecular complexity index is 941. The van der Waals surface area contributed by atoms with Crippen molar-refractivity contribution in [3.8, 4) is 0 Å². The Labute approximate surface area is 154 Å². The molecule has 0 unspecified atom stereocenters. The highest BCUT2D eigenvalue weighted by molar-refractivity contribution is 5.94. The molecule has 0 aliphatic heterocycles. The molecule has 0 bridgehead atoms. The maximum Gasteiger partial charge on any atom is 0.416 e. The Hall–Kier alpha value is -3.04. The minimum Gasteiger partial charge on any atom is -0.352 e. The molecule has 0 spiro atoms. The molecule has 4 nitrogen and oxygen atoms in total. The van der Waals surface area contributed by atoms with Gasteiger partial charge in [-0.05, 0) is 30.3 Å². The lowest BCUT2D eigenvalue weighted by molar-refractivity contribution is -0.143. The number of imidazole rings is 1. The van der Waals surface area contributed by atoms with Crippen LogP contribution in [0.25, 0.3) is 11.0 Å². The number of carbonyl (C=O) groups excluding carboxylic acids is 1. The van der Waals surface area contributed by atoms with Crippen molar-refractivity contribution in [2.45, 2.75) is 18.8 Å². The molecule has 0 aliphatic carbocycles. The first-order valence-electron chi connectivity index (χ1n) is 8.05. The SMILES string of the molecule is O=C(NCCc1nc2ccccc2[nH]1)c1cc(C(F)(F)F)cc(C(F)(F)F)c1. The maximum atomic E-state index is 12.9. The average molecular weight is 401 g/mol. The first-order chi connectivity index (χ1) is 13.0. The standard InChI is InChI=1S/C18H13F6N3O/c19-17(20,21)11-7-10(8-12(9-11)18(22,23)24)16(28)25-6-5-15-26-13-3-1-2-4-14(13)27-15/h1-4,7-9H,5-6H2,(H,25,28)(H,26,27). The molecule has 1 amide bonds. The number of aromatic amines is 1. The van der Waals surface area contributed by atoms with Gasteiger partial charge in [-0.1, -0.05) is 12.1 Å². The zero-order chi connectivity index (χ0) is 20.5. The van der Waals surface area contributed by atoms with Crippen LogP contribution in [0.2, 0.25) is 0 Å². The summed E-state index contributed by atoms with van der Waals surface area (Å²) in [6, 6.07) is 7.93. The van der Waals surface area contributed by atoms with Crippen LogP contribution in [0.3, 0.4) is 0 Å². The molecule has 1 aromatic heterocycles. The molecule has 0 atom stereocenters. The van der Waals surface area contributed by atoms with E-state index in [1.54, 1.807) is 24.3 Å². The third-order valence-electron chi connectivity index (χ3n) is 3.94. The van der Waals surface area contributed by atoms with Gasteiger partial charge in [0.05, 0.1) is 22.2 Å². The zero-order valence-electron chi connectivity index (χ0n) is 14.1. The first kappa shape index (κ1) is 19.7. The van der Waals surface area contributed by atoms with E-state index < -0.39 is 35.0 Å². The fourth-order valence-corrected chi connectivity index (χ4v) is 2.61. The lowest BCUT2D eigenvalue weighted by Gasteiger charge is -2.14. The van der Waals surface area contributed by atoms with Crippen LogP contribution in [-0.4, -0.2) is 22.4 Å². The fraction of sp³-hybridized carbons (Fsp3) is 0.222. The summed E-state index contributed by atoms with van der Waals surface area (Å²) in [7, 11) is 0. The average Bonchev–Trinajstić information content (AvgIpc) is 3.02. The van der Waals surface area contributed by atoms with E-state index in [2.05, 4.69) is 15.3 Å². The Morgan fingerprint density at radius 2 is 1.57 bits per heavy atom. The van der Waals surface area contributed by atoms with Gasteiger partial charge in [-0.2, -0.15) is 26.3 Å². The lowest BCUT2D eigenvalue weighted by Crippen LogP contribution is -2.27. The predicted molar refractivity (Wildman–Crippen MR) is 88.6 cm³/mol. The minimum atomic E-state index is -5.01. The van der Waals surface area contributed by atoms with Crippen LogP contribution in [-0.2, 0) is 18.8 Å². The van der Waals surface area contributed by atoms with Crippen molar-refractivity contribution in [1.82, 2.24) is 15.3 Å². The number of benzene rings is 2. The molecule has 0 fully saturated rings. The number of rotatable bonds is 4. The van der Waals surface area contributed by atoms with Crippen LogP contribution < -0.4 is 5.32 Å². The van der Waals surface area contributed by atoms with Crippen molar-refractivity contribution in [2.75, 3.05) is 6.54 Å². The van der Waals surface area contributed by atoms with E-state index in [0.29, 0.717) is 23.5 Å². The lowest BCUT2D eigenvalue weighted by atomic mass is 10.0. The summed E-state index contributed by atoms with van der Waals surface area (Å²) in [6.45, 7) is -0.0176. The molecular formula is C18H13F6N3O. The second-order valence-corrected chi connectivity index (χ2v) is 6.00. The maximum absolute atomic E-state index is 12.9. The number of aromatic nitrogens is 2. The second kappa shape index (κ2) is 7.17. The molecule has 0 radical (unpaired) electrons. The fourth-order valence-electron chi connectivity index (χ4n) is 2.61. The van der Waals surface area contributed by atoms with Gasteiger partial charge in [0.1, 0.15) is 5.82 Å². The van der Waals surface area contributed by atoms with Crippen LogP contribution in [0.1, 0.15) is 27.3 Å². The number of alkyl halides is 6. The normalized spacial score (nSPS) is 12.4. The van der Waals surface area contributed by atoms with Crippen LogP contribution in [0.4, 0.5) is 26.3 Å². The molecule has 3 rings (SSSR count). The monoisotopic (exact) mass is 401 g/mol. The van der Waals surface area contributed by atoms with E-state index in [4.69, 9.17) is 0 Å². The molecule has 3 aromatic rings. The van der Waals surface area contributed by atoms with Gasteiger partial charge in [-0.15, -0.1) is 0 Å². The largest absolute Gasteiger partial charge is 0.416 e. The molecule has 2 N–H and O–H groups in total. The number of H-pyrrole nitrogens is 1. The van der Waals surface area contributed by atoms with E-state index in [1.165, 1.54) is 0 Å². The predicted octanol–water partition coefficient (Wildman–Crippen LogP) is 4.57. The van der Waals surface area contributed by atoms with Gasteiger partial charge >= 0.3 is 12.4 Å². The molecule has 0 aliphatic rings. The summed E-state index contributed by atoms with van der Waals surface area (Å²) >= 11 is 0. The summed E-state index contributed by atoms with van der Waals surface area (Å²) in [5.74, 6) is -0.505. The molecule has 0 saturated carbocycles. The highest BCUT2D eigenvalue weighted by atomic mass is 19.4. The van der Waals surface area contributed by atoms with Gasteiger partial charge in [0, 0.05) is 18.5 Å². The quantitative estimate of drug-likeness (QED) is 0.629. The van der Waals surface area contributed by atoms with Crippen molar-refractivity contribution in [1.29, 1.82) is 0 Å². The third-order valence-corrected chi connectivity index (χ3v) is 3.94. The Morgan fingerprint density at radius 3 is 2.14 bits per heavy atom. The molecule has 10 heteroatoms. The topological polar surface area (TPSA) is 57.8 Å². The summed E-state index contributed by atoms with van der Waals surface area (Å²) in [4.78, 5) is 19.4. The van der Waals surface area contributed by atoms with Crippen LogP contribution in [0.15, 0.2) is 42.5 Å². The molecule has 1 heterocycles. The smallest absolute Gasteiger partial charge is 0.352 e. The van der Waals surface area contributed by atoms with Crippen molar-refractivity contribution in [2.24, 2.45) is 0 Å². The summed E-state index contributed by atoms with van der Waals surface area (Å²) < 4.78 is 77.2. The summed E-state index contributed by atoms with van der Waals surface area (Å²) in [5, 5.41) is 2.32. The molecule has 2 aromatic carbocycles. The van der Waals surface area contributed by atoms with Gasteiger partial charge in [0.25, 0.3) is 5.91 Å². The third kappa shape index (κ3) is 4.44.